The highest BCUT2D eigenvalue weighted by molar-refractivity contribution is 7.90. The number of sulfone groups is 1. The number of carboxylic acid groups (broad SMARTS) is 1. The van der Waals surface area contributed by atoms with E-state index in [1.54, 1.807) is 24.3 Å². The van der Waals surface area contributed by atoms with Crippen LogP contribution < -0.4 is 5.32 Å². The van der Waals surface area contributed by atoms with Gasteiger partial charge in [-0.25, -0.2) is 18.2 Å². The molecule has 2 rings (SSSR count). The van der Waals surface area contributed by atoms with E-state index < -0.39 is 15.8 Å². The quantitative estimate of drug-likeness (QED) is 0.718. The van der Waals surface area contributed by atoms with E-state index in [1.807, 2.05) is 18.2 Å². The molecule has 0 bridgehead atoms. The van der Waals surface area contributed by atoms with Crippen molar-refractivity contribution in [3.63, 3.8) is 0 Å². The van der Waals surface area contributed by atoms with E-state index >= 15 is 0 Å². The average molecular weight is 334 g/mol. The summed E-state index contributed by atoms with van der Waals surface area (Å²) in [6, 6.07) is 13.7. The molecule has 0 fully saturated rings. The Balaban J connectivity index is 1.80. The summed E-state index contributed by atoms with van der Waals surface area (Å²) in [5.74, 6) is -0.585. The van der Waals surface area contributed by atoms with Crippen molar-refractivity contribution in [3.05, 3.63) is 59.8 Å². The summed E-state index contributed by atoms with van der Waals surface area (Å²) >= 11 is 0. The molecule has 122 valence electrons. The van der Waals surface area contributed by atoms with Gasteiger partial charge in [0.1, 0.15) is 5.82 Å². The van der Waals surface area contributed by atoms with Gasteiger partial charge in [-0.2, -0.15) is 0 Å². The molecule has 2 aromatic rings. The minimum Gasteiger partial charge on any atom is -0.477 e. The number of carbonyl (C=O) groups is 1. The number of hydrogen-bond acceptors (Lipinski definition) is 5. The van der Waals surface area contributed by atoms with Gasteiger partial charge in [0.05, 0.1) is 11.5 Å². The number of pyridine rings is 1. The van der Waals surface area contributed by atoms with E-state index in [9.17, 15) is 13.2 Å². The highest BCUT2D eigenvalue weighted by Gasteiger charge is 2.11. The first-order chi connectivity index (χ1) is 11.0. The lowest BCUT2D eigenvalue weighted by Gasteiger charge is -2.07. The van der Waals surface area contributed by atoms with Gasteiger partial charge in [0.2, 0.25) is 0 Å². The molecule has 0 radical (unpaired) electrons. The molecule has 2 N–H and O–H groups in total. The third kappa shape index (κ3) is 5.71. The van der Waals surface area contributed by atoms with Crippen LogP contribution in [0.3, 0.4) is 0 Å². The number of benzene rings is 1. The van der Waals surface area contributed by atoms with Crippen molar-refractivity contribution >= 4 is 21.6 Å². The van der Waals surface area contributed by atoms with Crippen molar-refractivity contribution in [2.24, 2.45) is 0 Å². The first-order valence-corrected chi connectivity index (χ1v) is 8.97. The molecule has 0 saturated heterocycles. The molecule has 0 spiro atoms. The monoisotopic (exact) mass is 334 g/mol. The molecule has 0 aliphatic rings. The highest BCUT2D eigenvalue weighted by atomic mass is 32.2. The van der Waals surface area contributed by atoms with Gasteiger partial charge in [0.25, 0.3) is 0 Å². The molecule has 0 aliphatic carbocycles. The molecule has 0 atom stereocenters. The van der Waals surface area contributed by atoms with Crippen LogP contribution in [0.1, 0.15) is 22.5 Å². The van der Waals surface area contributed by atoms with E-state index in [2.05, 4.69) is 10.3 Å². The lowest BCUT2D eigenvalue weighted by atomic mass is 10.2. The zero-order chi connectivity index (χ0) is 16.7. The standard InChI is InChI=1S/C16H18N2O4S/c19-16(20)14-8-4-9-15(18-14)17-10-5-11-23(21,22)12-13-6-2-1-3-7-13/h1-4,6-9H,5,10-12H2,(H,17,18)(H,19,20). The van der Waals surface area contributed by atoms with Crippen LogP contribution in [-0.2, 0) is 15.6 Å². The number of carboxylic acids is 1. The molecular weight excluding hydrogens is 316 g/mol. The minimum atomic E-state index is -3.17. The third-order valence-electron chi connectivity index (χ3n) is 3.14. The molecule has 0 unspecified atom stereocenters. The highest BCUT2D eigenvalue weighted by Crippen LogP contribution is 2.08. The molecule has 0 amide bonds. The molecular formula is C16H18N2O4S. The number of nitrogens with zero attached hydrogens (tertiary/aromatic N) is 1. The summed E-state index contributed by atoms with van der Waals surface area (Å²) in [6.07, 6.45) is 0.425. The van der Waals surface area contributed by atoms with E-state index in [1.165, 1.54) is 6.07 Å². The van der Waals surface area contributed by atoms with Crippen LogP contribution in [0.15, 0.2) is 48.5 Å². The van der Waals surface area contributed by atoms with Gasteiger partial charge in [-0.05, 0) is 24.1 Å². The summed E-state index contributed by atoms with van der Waals surface area (Å²) in [5.41, 5.74) is 0.725. The Labute approximate surface area is 135 Å². The minimum absolute atomic E-state index is 0.0284. The van der Waals surface area contributed by atoms with Gasteiger partial charge >= 0.3 is 5.97 Å². The van der Waals surface area contributed by atoms with Gasteiger partial charge in [-0.1, -0.05) is 36.4 Å². The number of aromatic nitrogens is 1. The third-order valence-corrected chi connectivity index (χ3v) is 4.82. The Morgan fingerprint density at radius 1 is 1.09 bits per heavy atom. The van der Waals surface area contributed by atoms with Crippen molar-refractivity contribution in [2.45, 2.75) is 12.2 Å². The van der Waals surface area contributed by atoms with Crippen LogP contribution in [0.25, 0.3) is 0 Å². The first-order valence-electron chi connectivity index (χ1n) is 7.15. The fraction of sp³-hybridized carbons (Fsp3) is 0.250. The molecule has 6 nitrogen and oxygen atoms in total. The SMILES string of the molecule is O=C(O)c1cccc(NCCCS(=O)(=O)Cc2ccccc2)n1. The van der Waals surface area contributed by atoms with Crippen LogP contribution in [-0.4, -0.2) is 36.8 Å². The fourth-order valence-corrected chi connectivity index (χ4v) is 3.49. The van der Waals surface area contributed by atoms with Crippen LogP contribution in [0.4, 0.5) is 5.82 Å². The van der Waals surface area contributed by atoms with Crippen molar-refractivity contribution in [1.29, 1.82) is 0 Å². The maximum atomic E-state index is 12.0. The molecule has 7 heteroatoms. The van der Waals surface area contributed by atoms with Gasteiger partial charge in [-0.15, -0.1) is 0 Å². The summed E-state index contributed by atoms with van der Waals surface area (Å²) in [5, 5.41) is 11.8. The number of aromatic carboxylic acids is 1. The second kappa shape index (κ2) is 7.73. The largest absolute Gasteiger partial charge is 0.477 e. The first kappa shape index (κ1) is 17.0. The van der Waals surface area contributed by atoms with Crippen molar-refractivity contribution in [1.82, 2.24) is 4.98 Å². The van der Waals surface area contributed by atoms with E-state index in [4.69, 9.17) is 5.11 Å². The zero-order valence-corrected chi connectivity index (χ0v) is 13.3. The summed E-state index contributed by atoms with van der Waals surface area (Å²) in [6.45, 7) is 0.407. The predicted octanol–water partition coefficient (Wildman–Crippen LogP) is 2.20. The Morgan fingerprint density at radius 3 is 2.52 bits per heavy atom. The molecule has 1 heterocycles. The Kier molecular flexibility index (Phi) is 5.70. The lowest BCUT2D eigenvalue weighted by Crippen LogP contribution is -2.14. The van der Waals surface area contributed by atoms with Gasteiger partial charge in [0, 0.05) is 6.54 Å². The Bertz CT molecular complexity index is 761. The second-order valence-corrected chi connectivity index (χ2v) is 7.26. The molecule has 23 heavy (non-hydrogen) atoms. The number of hydrogen-bond donors (Lipinski definition) is 2. The van der Waals surface area contributed by atoms with Crippen molar-refractivity contribution in [2.75, 3.05) is 17.6 Å². The van der Waals surface area contributed by atoms with Crippen LogP contribution in [0, 0.1) is 0 Å². The molecule has 1 aromatic carbocycles. The number of nitrogens with one attached hydrogen (secondary N) is 1. The Morgan fingerprint density at radius 2 is 1.83 bits per heavy atom. The van der Waals surface area contributed by atoms with E-state index in [0.29, 0.717) is 18.8 Å². The van der Waals surface area contributed by atoms with E-state index in [0.717, 1.165) is 5.56 Å². The van der Waals surface area contributed by atoms with Crippen molar-refractivity contribution in [3.8, 4) is 0 Å². The second-order valence-electron chi connectivity index (χ2n) is 5.07. The smallest absolute Gasteiger partial charge is 0.354 e. The summed E-state index contributed by atoms with van der Waals surface area (Å²) < 4.78 is 24.1. The van der Waals surface area contributed by atoms with Crippen LogP contribution >= 0.6 is 0 Å². The fourth-order valence-electron chi connectivity index (χ4n) is 2.06. The maximum Gasteiger partial charge on any atom is 0.354 e. The molecule has 0 saturated carbocycles. The molecule has 0 aliphatic heterocycles. The molecule has 1 aromatic heterocycles. The lowest BCUT2D eigenvalue weighted by molar-refractivity contribution is 0.0690. The maximum absolute atomic E-state index is 12.0. The van der Waals surface area contributed by atoms with Crippen LogP contribution in [0.2, 0.25) is 0 Å². The number of anilines is 1. The van der Waals surface area contributed by atoms with E-state index in [-0.39, 0.29) is 17.2 Å². The van der Waals surface area contributed by atoms with Gasteiger partial charge in [0.15, 0.2) is 15.5 Å². The van der Waals surface area contributed by atoms with Gasteiger partial charge in [-0.3, -0.25) is 0 Å². The van der Waals surface area contributed by atoms with Crippen LogP contribution in [0.5, 0.6) is 0 Å². The number of rotatable bonds is 8. The zero-order valence-electron chi connectivity index (χ0n) is 12.5. The topological polar surface area (TPSA) is 96.4 Å². The predicted molar refractivity (Wildman–Crippen MR) is 88.2 cm³/mol. The Hall–Kier alpha value is -2.41. The van der Waals surface area contributed by atoms with Crippen molar-refractivity contribution < 1.29 is 18.3 Å². The van der Waals surface area contributed by atoms with Gasteiger partial charge < -0.3 is 10.4 Å². The summed E-state index contributed by atoms with van der Waals surface area (Å²) in [4.78, 5) is 14.7. The average Bonchev–Trinajstić information content (AvgIpc) is 2.52. The normalized spacial score (nSPS) is 11.1. The summed E-state index contributed by atoms with van der Waals surface area (Å²) in [7, 11) is -3.17.